The molecule has 5 rings (SSSR count). The fourth-order valence-electron chi connectivity index (χ4n) is 5.54. The molecule has 1 aliphatic heterocycles. The summed E-state index contributed by atoms with van der Waals surface area (Å²) in [5.41, 5.74) is 3.38. The number of alkyl halides is 3. The van der Waals surface area contributed by atoms with Gasteiger partial charge in [0, 0.05) is 32.2 Å². The second kappa shape index (κ2) is 12.0. The van der Waals surface area contributed by atoms with Gasteiger partial charge in [-0.15, -0.1) is 0 Å². The zero-order valence-corrected chi connectivity index (χ0v) is 21.6. The fourth-order valence-corrected chi connectivity index (χ4v) is 5.54. The SMILES string of the molecule is O=CC(c1ccccc1)N1CCN(Cc2ccc(-c3ccccc3C(F)(F)F)cc2)C[C@H]1Cc1ccccc1. The molecule has 0 N–H and O–H groups in total. The van der Waals surface area contributed by atoms with Gasteiger partial charge in [0.2, 0.25) is 0 Å². The highest BCUT2D eigenvalue weighted by molar-refractivity contribution is 5.68. The number of carbonyl (C=O) groups excluding carboxylic acids is 1. The van der Waals surface area contributed by atoms with Gasteiger partial charge in [0.1, 0.15) is 6.29 Å². The van der Waals surface area contributed by atoms with E-state index in [1.165, 1.54) is 17.7 Å². The monoisotopic (exact) mass is 528 g/mol. The Bertz CT molecular complexity index is 1360. The van der Waals surface area contributed by atoms with Gasteiger partial charge in [0.15, 0.2) is 0 Å². The largest absolute Gasteiger partial charge is 0.417 e. The van der Waals surface area contributed by atoms with E-state index >= 15 is 0 Å². The van der Waals surface area contributed by atoms with E-state index in [2.05, 4.69) is 21.9 Å². The number of hydrogen-bond acceptors (Lipinski definition) is 3. The third-order valence-corrected chi connectivity index (χ3v) is 7.46. The molecular weight excluding hydrogens is 497 g/mol. The molecule has 1 heterocycles. The Morgan fingerprint density at radius 3 is 2.08 bits per heavy atom. The van der Waals surface area contributed by atoms with Crippen molar-refractivity contribution in [2.45, 2.75) is 31.2 Å². The molecule has 39 heavy (non-hydrogen) atoms. The maximum Gasteiger partial charge on any atom is 0.417 e. The van der Waals surface area contributed by atoms with Crippen molar-refractivity contribution in [3.05, 3.63) is 131 Å². The third kappa shape index (κ3) is 6.47. The summed E-state index contributed by atoms with van der Waals surface area (Å²) in [6.07, 6.45) is -2.54. The van der Waals surface area contributed by atoms with Crippen LogP contribution in [0.1, 0.15) is 28.3 Å². The summed E-state index contributed by atoms with van der Waals surface area (Å²) < 4.78 is 40.5. The molecule has 0 radical (unpaired) electrons. The summed E-state index contributed by atoms with van der Waals surface area (Å²) in [5, 5.41) is 0. The summed E-state index contributed by atoms with van der Waals surface area (Å²) in [6.45, 7) is 3.01. The maximum atomic E-state index is 13.5. The lowest BCUT2D eigenvalue weighted by Gasteiger charge is -2.44. The van der Waals surface area contributed by atoms with E-state index in [1.807, 2.05) is 60.7 Å². The van der Waals surface area contributed by atoms with Crippen LogP contribution in [0.25, 0.3) is 11.1 Å². The first-order chi connectivity index (χ1) is 18.9. The molecule has 0 amide bonds. The average molecular weight is 529 g/mol. The summed E-state index contributed by atoms with van der Waals surface area (Å²) >= 11 is 0. The van der Waals surface area contributed by atoms with E-state index in [1.54, 1.807) is 18.2 Å². The predicted molar refractivity (Wildman–Crippen MR) is 148 cm³/mol. The lowest BCUT2D eigenvalue weighted by molar-refractivity contribution is -0.137. The molecule has 0 aromatic heterocycles. The number of benzene rings is 4. The molecule has 200 valence electrons. The highest BCUT2D eigenvalue weighted by Crippen LogP contribution is 2.37. The average Bonchev–Trinajstić information content (AvgIpc) is 2.96. The van der Waals surface area contributed by atoms with E-state index in [9.17, 15) is 18.0 Å². The molecule has 1 saturated heterocycles. The van der Waals surface area contributed by atoms with Crippen molar-refractivity contribution in [1.29, 1.82) is 0 Å². The van der Waals surface area contributed by atoms with Gasteiger partial charge in [-0.2, -0.15) is 13.2 Å². The Morgan fingerprint density at radius 2 is 1.41 bits per heavy atom. The molecule has 1 unspecified atom stereocenters. The van der Waals surface area contributed by atoms with Crippen molar-refractivity contribution in [2.75, 3.05) is 19.6 Å². The Kier molecular flexibility index (Phi) is 8.24. The molecule has 1 aliphatic rings. The molecular formula is C33H31F3N2O. The van der Waals surface area contributed by atoms with Crippen LogP contribution in [0, 0.1) is 0 Å². The first-order valence-electron chi connectivity index (χ1n) is 13.2. The second-order valence-corrected chi connectivity index (χ2v) is 10.0. The molecule has 4 aromatic rings. The number of nitrogens with zero attached hydrogens (tertiary/aromatic N) is 2. The summed E-state index contributed by atoms with van der Waals surface area (Å²) in [6, 6.07) is 33.1. The van der Waals surface area contributed by atoms with Crippen LogP contribution in [0.2, 0.25) is 0 Å². The molecule has 0 saturated carbocycles. The zero-order valence-electron chi connectivity index (χ0n) is 21.6. The first kappa shape index (κ1) is 26.9. The van der Waals surface area contributed by atoms with Crippen molar-refractivity contribution < 1.29 is 18.0 Å². The Balaban J connectivity index is 1.33. The van der Waals surface area contributed by atoms with Gasteiger partial charge >= 0.3 is 6.18 Å². The van der Waals surface area contributed by atoms with E-state index < -0.39 is 11.7 Å². The van der Waals surface area contributed by atoms with Gasteiger partial charge in [0.25, 0.3) is 0 Å². The molecule has 1 fully saturated rings. The first-order valence-corrected chi connectivity index (χ1v) is 13.2. The minimum Gasteiger partial charge on any atom is -0.301 e. The maximum absolute atomic E-state index is 13.5. The van der Waals surface area contributed by atoms with Crippen molar-refractivity contribution in [1.82, 2.24) is 9.80 Å². The molecule has 2 atom stereocenters. The summed E-state index contributed by atoms with van der Waals surface area (Å²) in [4.78, 5) is 17.0. The van der Waals surface area contributed by atoms with Gasteiger partial charge in [-0.1, -0.05) is 103 Å². The van der Waals surface area contributed by atoms with Crippen LogP contribution in [0.3, 0.4) is 0 Å². The lowest BCUT2D eigenvalue weighted by Crippen LogP contribution is -2.54. The van der Waals surface area contributed by atoms with Crippen LogP contribution in [0.15, 0.2) is 109 Å². The van der Waals surface area contributed by atoms with Crippen LogP contribution >= 0.6 is 0 Å². The van der Waals surface area contributed by atoms with Crippen LogP contribution < -0.4 is 0 Å². The summed E-state index contributed by atoms with van der Waals surface area (Å²) in [7, 11) is 0. The number of carbonyl (C=O) groups is 1. The number of rotatable bonds is 8. The number of halogens is 3. The normalized spacial score (nSPS) is 17.6. The van der Waals surface area contributed by atoms with E-state index in [-0.39, 0.29) is 17.6 Å². The topological polar surface area (TPSA) is 23.6 Å². The number of aldehydes is 1. The highest BCUT2D eigenvalue weighted by Gasteiger charge is 2.34. The van der Waals surface area contributed by atoms with Gasteiger partial charge in [0.05, 0.1) is 11.6 Å². The minimum absolute atomic E-state index is 0.134. The summed E-state index contributed by atoms with van der Waals surface area (Å²) in [5.74, 6) is 0. The molecule has 3 nitrogen and oxygen atoms in total. The van der Waals surface area contributed by atoms with Crippen molar-refractivity contribution in [2.24, 2.45) is 0 Å². The van der Waals surface area contributed by atoms with E-state index in [0.29, 0.717) is 12.1 Å². The van der Waals surface area contributed by atoms with Crippen LogP contribution in [0.5, 0.6) is 0 Å². The van der Waals surface area contributed by atoms with Crippen molar-refractivity contribution >= 4 is 6.29 Å². The van der Waals surface area contributed by atoms with Crippen LogP contribution in [-0.2, 0) is 23.9 Å². The Morgan fingerprint density at radius 1 is 0.769 bits per heavy atom. The standard InChI is InChI=1S/C33H31F3N2O/c34-33(35,36)31-14-8-7-13-30(31)27-17-15-26(16-18-27)22-37-19-20-38(32(24-39)28-11-5-2-6-12-28)29(23-37)21-25-9-3-1-4-10-25/h1-18,24,29,32H,19-23H2/t29-,32?/m1/s1. The fraction of sp³-hybridized carbons (Fsp3) is 0.242. The van der Waals surface area contributed by atoms with Gasteiger partial charge < -0.3 is 4.79 Å². The van der Waals surface area contributed by atoms with Gasteiger partial charge in [-0.25, -0.2) is 0 Å². The Labute approximate surface area is 227 Å². The predicted octanol–water partition coefficient (Wildman–Crippen LogP) is 7.04. The van der Waals surface area contributed by atoms with Crippen molar-refractivity contribution in [3.63, 3.8) is 0 Å². The molecule has 4 aromatic carbocycles. The number of hydrogen-bond donors (Lipinski definition) is 0. The van der Waals surface area contributed by atoms with Gasteiger partial charge in [-0.3, -0.25) is 9.80 Å². The molecule has 0 aliphatic carbocycles. The van der Waals surface area contributed by atoms with E-state index in [0.717, 1.165) is 49.5 Å². The Hall–Kier alpha value is -3.74. The van der Waals surface area contributed by atoms with Crippen LogP contribution in [0.4, 0.5) is 13.2 Å². The second-order valence-electron chi connectivity index (χ2n) is 10.0. The molecule has 6 heteroatoms. The quantitative estimate of drug-likeness (QED) is 0.229. The van der Waals surface area contributed by atoms with Crippen molar-refractivity contribution in [3.8, 4) is 11.1 Å². The van der Waals surface area contributed by atoms with E-state index in [4.69, 9.17) is 0 Å². The zero-order chi connectivity index (χ0) is 27.2. The molecule has 0 bridgehead atoms. The third-order valence-electron chi connectivity index (χ3n) is 7.46. The number of piperazine rings is 1. The smallest absolute Gasteiger partial charge is 0.301 e. The highest BCUT2D eigenvalue weighted by atomic mass is 19.4. The molecule has 0 spiro atoms. The van der Waals surface area contributed by atoms with Gasteiger partial charge in [-0.05, 0) is 40.3 Å². The lowest BCUT2D eigenvalue weighted by atomic mass is 9.96. The van der Waals surface area contributed by atoms with Crippen LogP contribution in [-0.4, -0.2) is 41.8 Å². The minimum atomic E-state index is -4.40.